The molecule has 2 aromatic carbocycles. The fraction of sp³-hybridized carbons (Fsp3) is 0.375. The number of carbonyl (C=O) groups excluding carboxylic acids is 1. The van der Waals surface area contributed by atoms with E-state index in [2.05, 4.69) is 10.2 Å². The number of aromatic carboxylic acids is 1. The fourth-order valence-electron chi connectivity index (χ4n) is 3.95. The summed E-state index contributed by atoms with van der Waals surface area (Å²) in [6, 6.07) is 10.5. The molecule has 3 rings (SSSR count). The quantitative estimate of drug-likeness (QED) is 0.548. The van der Waals surface area contributed by atoms with Crippen LogP contribution in [0.4, 0.5) is 5.69 Å². The lowest BCUT2D eigenvalue weighted by Gasteiger charge is -2.32. The lowest BCUT2D eigenvalue weighted by atomic mass is 10.0. The molecular formula is C24H28N2O6. The smallest absolute Gasteiger partial charge is 0.339 e. The number of carbonyl (C=O) groups is 3. The van der Waals surface area contributed by atoms with E-state index in [9.17, 15) is 24.6 Å². The second-order valence-corrected chi connectivity index (χ2v) is 7.69. The molecule has 0 aliphatic carbocycles. The lowest BCUT2D eigenvalue weighted by molar-refractivity contribution is -0.141. The predicted octanol–water partition coefficient (Wildman–Crippen LogP) is 3.26. The van der Waals surface area contributed by atoms with E-state index in [1.807, 2.05) is 12.1 Å². The summed E-state index contributed by atoms with van der Waals surface area (Å²) in [6.45, 7) is 3.73. The number of carboxylic acid groups (broad SMARTS) is 2. The minimum atomic E-state index is -1.19. The summed E-state index contributed by atoms with van der Waals surface area (Å²) in [5.74, 6) is -2.56. The molecule has 1 saturated heterocycles. The van der Waals surface area contributed by atoms with Gasteiger partial charge < -0.3 is 25.2 Å². The predicted molar refractivity (Wildman–Crippen MR) is 119 cm³/mol. The highest BCUT2D eigenvalue weighted by molar-refractivity contribution is 5.91. The number of rotatable bonds is 9. The Morgan fingerprint density at radius 3 is 2.44 bits per heavy atom. The number of aliphatic carboxylic acids is 1. The van der Waals surface area contributed by atoms with Crippen molar-refractivity contribution < 1.29 is 29.3 Å². The Labute approximate surface area is 186 Å². The van der Waals surface area contributed by atoms with Crippen molar-refractivity contribution in [2.75, 3.05) is 24.6 Å². The van der Waals surface area contributed by atoms with Gasteiger partial charge >= 0.3 is 11.9 Å². The Morgan fingerprint density at radius 2 is 1.78 bits per heavy atom. The minimum absolute atomic E-state index is 0.00915. The van der Waals surface area contributed by atoms with E-state index >= 15 is 0 Å². The molecule has 1 aliphatic rings. The third-order valence-electron chi connectivity index (χ3n) is 5.44. The first kappa shape index (κ1) is 23.1. The molecule has 1 aliphatic heterocycles. The van der Waals surface area contributed by atoms with Gasteiger partial charge in [0, 0.05) is 24.3 Å². The highest BCUT2D eigenvalue weighted by Gasteiger charge is 2.27. The van der Waals surface area contributed by atoms with E-state index in [1.54, 1.807) is 19.1 Å². The van der Waals surface area contributed by atoms with Crippen LogP contribution in [0.2, 0.25) is 0 Å². The van der Waals surface area contributed by atoms with Crippen molar-refractivity contribution in [3.63, 3.8) is 0 Å². The topological polar surface area (TPSA) is 116 Å². The van der Waals surface area contributed by atoms with E-state index in [-0.39, 0.29) is 24.3 Å². The van der Waals surface area contributed by atoms with Crippen LogP contribution < -0.4 is 15.0 Å². The zero-order valence-electron chi connectivity index (χ0n) is 18.0. The van der Waals surface area contributed by atoms with E-state index in [0.29, 0.717) is 11.1 Å². The maximum absolute atomic E-state index is 12.7. The van der Waals surface area contributed by atoms with Crippen LogP contribution in [-0.2, 0) is 16.0 Å². The van der Waals surface area contributed by atoms with Crippen LogP contribution in [0.15, 0.2) is 42.5 Å². The molecule has 0 aromatic heterocycles. The van der Waals surface area contributed by atoms with Gasteiger partial charge in [-0.05, 0) is 49.9 Å². The molecule has 8 nitrogen and oxygen atoms in total. The van der Waals surface area contributed by atoms with Crippen LogP contribution in [-0.4, -0.2) is 47.8 Å². The molecular weight excluding hydrogens is 412 g/mol. The van der Waals surface area contributed by atoms with Gasteiger partial charge in [0.1, 0.15) is 11.3 Å². The Bertz CT molecular complexity index is 984. The van der Waals surface area contributed by atoms with Crippen molar-refractivity contribution in [3.8, 4) is 5.75 Å². The first-order valence-corrected chi connectivity index (χ1v) is 10.8. The van der Waals surface area contributed by atoms with Crippen LogP contribution in [0.3, 0.4) is 0 Å². The van der Waals surface area contributed by atoms with Crippen molar-refractivity contribution in [3.05, 3.63) is 59.2 Å². The molecule has 170 valence electrons. The van der Waals surface area contributed by atoms with Crippen LogP contribution in [0, 0.1) is 0 Å². The second kappa shape index (κ2) is 10.7. The molecule has 1 unspecified atom stereocenters. The first-order chi connectivity index (χ1) is 15.4. The number of ether oxygens (including phenoxy) is 1. The molecule has 8 heteroatoms. The van der Waals surface area contributed by atoms with Gasteiger partial charge in [0.2, 0.25) is 5.91 Å². The average molecular weight is 440 g/mol. The van der Waals surface area contributed by atoms with E-state index in [4.69, 9.17) is 4.74 Å². The van der Waals surface area contributed by atoms with Gasteiger partial charge in [0.15, 0.2) is 6.04 Å². The monoisotopic (exact) mass is 440 g/mol. The third kappa shape index (κ3) is 5.57. The van der Waals surface area contributed by atoms with Gasteiger partial charge in [-0.25, -0.2) is 9.59 Å². The number of anilines is 1. The Morgan fingerprint density at radius 1 is 1.06 bits per heavy atom. The molecule has 32 heavy (non-hydrogen) atoms. The second-order valence-electron chi connectivity index (χ2n) is 7.69. The number of nitrogens with zero attached hydrogens (tertiary/aromatic N) is 1. The Hall–Kier alpha value is -3.55. The Balaban J connectivity index is 1.79. The SMILES string of the molecule is CCOc1cc(CC(=O)NC(C(=O)O)c2ccccc2N2CCCCC2)ccc1C(=O)O. The maximum atomic E-state index is 12.7. The number of hydrogen-bond acceptors (Lipinski definition) is 5. The summed E-state index contributed by atoms with van der Waals surface area (Å²) in [5.41, 5.74) is 1.91. The van der Waals surface area contributed by atoms with Crippen LogP contribution in [0.5, 0.6) is 5.75 Å². The minimum Gasteiger partial charge on any atom is -0.493 e. The molecule has 1 atom stereocenters. The third-order valence-corrected chi connectivity index (χ3v) is 5.44. The number of nitrogens with one attached hydrogen (secondary N) is 1. The number of amides is 1. The van der Waals surface area contributed by atoms with Crippen molar-refractivity contribution in [1.29, 1.82) is 0 Å². The summed E-state index contributed by atoms with van der Waals surface area (Å²) in [6.07, 6.45) is 3.15. The number of para-hydroxylation sites is 1. The number of benzene rings is 2. The summed E-state index contributed by atoms with van der Waals surface area (Å²) >= 11 is 0. The summed E-state index contributed by atoms with van der Waals surface area (Å²) in [5, 5.41) is 21.8. The van der Waals surface area contributed by atoms with E-state index in [1.165, 1.54) is 18.2 Å². The number of carboxylic acids is 2. The van der Waals surface area contributed by atoms with Crippen LogP contribution in [0.1, 0.15) is 53.7 Å². The van der Waals surface area contributed by atoms with Crippen molar-refractivity contribution in [2.45, 2.75) is 38.6 Å². The van der Waals surface area contributed by atoms with Gasteiger partial charge in [-0.1, -0.05) is 24.3 Å². The van der Waals surface area contributed by atoms with Gasteiger partial charge in [0.05, 0.1) is 13.0 Å². The highest BCUT2D eigenvalue weighted by Crippen LogP contribution is 2.29. The van der Waals surface area contributed by atoms with Gasteiger partial charge in [-0.2, -0.15) is 0 Å². The van der Waals surface area contributed by atoms with Crippen molar-refractivity contribution in [1.82, 2.24) is 5.32 Å². The lowest BCUT2D eigenvalue weighted by Crippen LogP contribution is -2.37. The van der Waals surface area contributed by atoms with E-state index < -0.39 is 23.9 Å². The van der Waals surface area contributed by atoms with Gasteiger partial charge in [-0.3, -0.25) is 4.79 Å². The molecule has 2 aromatic rings. The summed E-state index contributed by atoms with van der Waals surface area (Å²) < 4.78 is 5.38. The largest absolute Gasteiger partial charge is 0.493 e. The molecule has 0 spiro atoms. The fourth-order valence-corrected chi connectivity index (χ4v) is 3.95. The van der Waals surface area contributed by atoms with Crippen molar-refractivity contribution in [2.24, 2.45) is 0 Å². The average Bonchev–Trinajstić information content (AvgIpc) is 2.78. The molecule has 1 fully saturated rings. The standard InChI is InChI=1S/C24H28N2O6/c1-2-32-20-14-16(10-11-18(20)23(28)29)15-21(27)25-22(24(30)31)17-8-4-5-9-19(17)26-12-6-3-7-13-26/h4-5,8-11,14,22H,2-3,6-7,12-13,15H2,1H3,(H,25,27)(H,28,29)(H,30,31). The van der Waals surface area contributed by atoms with Crippen LogP contribution in [0.25, 0.3) is 0 Å². The zero-order chi connectivity index (χ0) is 23.1. The molecule has 1 heterocycles. The molecule has 0 bridgehead atoms. The first-order valence-electron chi connectivity index (χ1n) is 10.8. The summed E-state index contributed by atoms with van der Waals surface area (Å²) in [4.78, 5) is 38.3. The highest BCUT2D eigenvalue weighted by atomic mass is 16.5. The number of hydrogen-bond donors (Lipinski definition) is 3. The van der Waals surface area contributed by atoms with Gasteiger partial charge in [-0.15, -0.1) is 0 Å². The van der Waals surface area contributed by atoms with Crippen LogP contribution >= 0.6 is 0 Å². The zero-order valence-corrected chi connectivity index (χ0v) is 18.0. The molecule has 3 N–H and O–H groups in total. The van der Waals surface area contributed by atoms with E-state index in [0.717, 1.165) is 38.0 Å². The van der Waals surface area contributed by atoms with Gasteiger partial charge in [0.25, 0.3) is 0 Å². The maximum Gasteiger partial charge on any atom is 0.339 e. The summed E-state index contributed by atoms with van der Waals surface area (Å²) in [7, 11) is 0. The number of piperidine rings is 1. The molecule has 1 amide bonds. The van der Waals surface area contributed by atoms with Crippen molar-refractivity contribution >= 4 is 23.5 Å². The normalized spacial score (nSPS) is 14.5. The Kier molecular flexibility index (Phi) is 7.70. The molecule has 0 saturated carbocycles. The molecule has 0 radical (unpaired) electrons.